The zero-order chi connectivity index (χ0) is 18.6. The van der Waals surface area contributed by atoms with Crippen molar-refractivity contribution >= 4 is 33.2 Å². The molecule has 0 fully saturated rings. The minimum Gasteiger partial charge on any atom is -0.322 e. The van der Waals surface area contributed by atoms with Gasteiger partial charge in [0.15, 0.2) is 0 Å². The number of rotatable bonds is 6. The number of carbonyl (C=O) groups excluding carboxylic acids is 1. The van der Waals surface area contributed by atoms with Crippen LogP contribution < -0.4 is 5.32 Å². The summed E-state index contributed by atoms with van der Waals surface area (Å²) in [4.78, 5) is 12.5. The Kier molecular flexibility index (Phi) is 6.21. The van der Waals surface area contributed by atoms with Crippen LogP contribution in [0.1, 0.15) is 29.8 Å². The Hall–Kier alpha value is -1.89. The lowest BCUT2D eigenvalue weighted by Gasteiger charge is -2.18. The van der Waals surface area contributed by atoms with Gasteiger partial charge in [0.1, 0.15) is 0 Å². The Morgan fingerprint density at radius 2 is 1.68 bits per heavy atom. The van der Waals surface area contributed by atoms with Crippen LogP contribution in [0.2, 0.25) is 5.02 Å². The van der Waals surface area contributed by atoms with Crippen molar-refractivity contribution < 1.29 is 13.2 Å². The summed E-state index contributed by atoms with van der Waals surface area (Å²) in [6.45, 7) is 6.25. The number of sulfonamides is 1. The number of hydrogen-bond acceptors (Lipinski definition) is 3. The second kappa shape index (κ2) is 7.99. The smallest absolute Gasteiger partial charge is 0.255 e. The molecule has 25 heavy (non-hydrogen) atoms. The van der Waals surface area contributed by atoms with Gasteiger partial charge < -0.3 is 5.32 Å². The largest absolute Gasteiger partial charge is 0.322 e. The van der Waals surface area contributed by atoms with Crippen LogP contribution in [0.15, 0.2) is 47.4 Å². The predicted octanol–water partition coefficient (Wildman–Crippen LogP) is 3.93. The van der Waals surface area contributed by atoms with Crippen molar-refractivity contribution in [3.05, 3.63) is 58.6 Å². The van der Waals surface area contributed by atoms with Crippen LogP contribution in [0.5, 0.6) is 0 Å². The van der Waals surface area contributed by atoms with E-state index >= 15 is 0 Å². The van der Waals surface area contributed by atoms with Crippen molar-refractivity contribution in [2.24, 2.45) is 0 Å². The van der Waals surface area contributed by atoms with Gasteiger partial charge in [-0.3, -0.25) is 4.79 Å². The molecule has 0 saturated heterocycles. The third kappa shape index (κ3) is 4.39. The number of nitrogens with one attached hydrogen (secondary N) is 1. The summed E-state index contributed by atoms with van der Waals surface area (Å²) >= 11 is 6.05. The second-order valence-corrected chi connectivity index (χ2v) is 7.88. The van der Waals surface area contributed by atoms with E-state index in [1.54, 1.807) is 26.0 Å². The maximum Gasteiger partial charge on any atom is 0.255 e. The summed E-state index contributed by atoms with van der Waals surface area (Å²) < 4.78 is 26.3. The molecule has 1 amide bonds. The number of halogens is 1. The predicted molar refractivity (Wildman–Crippen MR) is 101 cm³/mol. The number of anilines is 1. The van der Waals surface area contributed by atoms with Crippen molar-refractivity contribution in [2.75, 3.05) is 18.4 Å². The number of amides is 1. The zero-order valence-electron chi connectivity index (χ0n) is 14.4. The van der Waals surface area contributed by atoms with Crippen molar-refractivity contribution in [1.29, 1.82) is 0 Å². The summed E-state index contributed by atoms with van der Waals surface area (Å²) in [6.07, 6.45) is 0. The fourth-order valence-electron chi connectivity index (χ4n) is 2.36. The minimum atomic E-state index is -3.53. The first-order valence-corrected chi connectivity index (χ1v) is 9.79. The molecule has 0 aliphatic carbocycles. The van der Waals surface area contributed by atoms with Gasteiger partial charge in [0.25, 0.3) is 5.91 Å². The van der Waals surface area contributed by atoms with E-state index in [0.717, 1.165) is 5.56 Å². The molecule has 0 spiro atoms. The maximum absolute atomic E-state index is 12.4. The molecule has 7 heteroatoms. The van der Waals surface area contributed by atoms with Crippen LogP contribution in [-0.2, 0) is 10.0 Å². The van der Waals surface area contributed by atoms with Gasteiger partial charge in [-0.2, -0.15) is 4.31 Å². The van der Waals surface area contributed by atoms with Crippen molar-refractivity contribution in [1.82, 2.24) is 4.31 Å². The van der Waals surface area contributed by atoms with Crippen LogP contribution in [0.25, 0.3) is 0 Å². The van der Waals surface area contributed by atoms with Gasteiger partial charge >= 0.3 is 0 Å². The van der Waals surface area contributed by atoms with E-state index < -0.39 is 10.0 Å². The molecule has 0 bridgehead atoms. The SMILES string of the molecule is CCN(CC)S(=O)(=O)c1ccc(C(=O)Nc2ccc(C)c(Cl)c2)cc1. The number of carbonyl (C=O) groups is 1. The summed E-state index contributed by atoms with van der Waals surface area (Å²) in [7, 11) is -3.53. The third-order valence-corrected chi connectivity index (χ3v) is 6.36. The van der Waals surface area contributed by atoms with E-state index in [-0.39, 0.29) is 10.8 Å². The molecule has 2 rings (SSSR count). The lowest BCUT2D eigenvalue weighted by atomic mass is 10.2. The van der Waals surface area contributed by atoms with Gasteiger partial charge in [0.2, 0.25) is 10.0 Å². The van der Waals surface area contributed by atoms with E-state index in [4.69, 9.17) is 11.6 Å². The normalized spacial score (nSPS) is 11.6. The maximum atomic E-state index is 12.4. The number of hydrogen-bond donors (Lipinski definition) is 1. The van der Waals surface area contributed by atoms with Crippen molar-refractivity contribution in [3.63, 3.8) is 0 Å². The van der Waals surface area contributed by atoms with E-state index in [2.05, 4.69) is 5.32 Å². The fourth-order valence-corrected chi connectivity index (χ4v) is 4.00. The monoisotopic (exact) mass is 380 g/mol. The first-order chi connectivity index (χ1) is 11.8. The van der Waals surface area contributed by atoms with Gasteiger partial charge in [0, 0.05) is 29.4 Å². The molecule has 5 nitrogen and oxygen atoms in total. The molecule has 0 unspecified atom stereocenters. The molecule has 0 atom stereocenters. The number of benzene rings is 2. The number of nitrogens with zero attached hydrogens (tertiary/aromatic N) is 1. The van der Waals surface area contributed by atoms with E-state index in [1.807, 2.05) is 13.0 Å². The molecule has 1 N–H and O–H groups in total. The third-order valence-electron chi connectivity index (χ3n) is 3.89. The molecule has 0 heterocycles. The molecule has 0 aromatic heterocycles. The first-order valence-electron chi connectivity index (χ1n) is 7.97. The summed E-state index contributed by atoms with van der Waals surface area (Å²) in [5, 5.41) is 3.31. The van der Waals surface area contributed by atoms with E-state index in [1.165, 1.54) is 28.6 Å². The Morgan fingerprint density at radius 3 is 2.20 bits per heavy atom. The van der Waals surface area contributed by atoms with Crippen LogP contribution in [0.4, 0.5) is 5.69 Å². The molecule has 0 radical (unpaired) electrons. The van der Waals surface area contributed by atoms with Gasteiger partial charge in [-0.05, 0) is 48.9 Å². The Morgan fingerprint density at radius 1 is 1.08 bits per heavy atom. The number of aryl methyl sites for hydroxylation is 1. The molecular weight excluding hydrogens is 360 g/mol. The van der Waals surface area contributed by atoms with Gasteiger partial charge in [0.05, 0.1) is 4.90 Å². The van der Waals surface area contributed by atoms with Gasteiger partial charge in [-0.25, -0.2) is 8.42 Å². The zero-order valence-corrected chi connectivity index (χ0v) is 16.0. The van der Waals surface area contributed by atoms with E-state index in [9.17, 15) is 13.2 Å². The van der Waals surface area contributed by atoms with Crippen LogP contribution in [0.3, 0.4) is 0 Å². The second-order valence-electron chi connectivity index (χ2n) is 5.53. The van der Waals surface area contributed by atoms with Crippen molar-refractivity contribution in [3.8, 4) is 0 Å². The topological polar surface area (TPSA) is 66.5 Å². The molecule has 2 aromatic rings. The standard InChI is InChI=1S/C18H21ClN2O3S/c1-4-21(5-2)25(23,24)16-10-7-14(8-11-16)18(22)20-15-9-6-13(3)17(19)12-15/h6-12H,4-5H2,1-3H3,(H,20,22). The van der Waals surface area contributed by atoms with Crippen LogP contribution in [0, 0.1) is 6.92 Å². The highest BCUT2D eigenvalue weighted by molar-refractivity contribution is 7.89. The molecule has 0 aliphatic rings. The highest BCUT2D eigenvalue weighted by Crippen LogP contribution is 2.21. The Balaban J connectivity index is 2.19. The minimum absolute atomic E-state index is 0.172. The summed E-state index contributed by atoms with van der Waals surface area (Å²) in [6, 6.07) is 11.2. The lowest BCUT2D eigenvalue weighted by molar-refractivity contribution is 0.102. The quantitative estimate of drug-likeness (QED) is 0.825. The summed E-state index contributed by atoms with van der Waals surface area (Å²) in [5.41, 5.74) is 1.88. The Bertz CT molecular complexity index is 860. The van der Waals surface area contributed by atoms with Crippen LogP contribution >= 0.6 is 11.6 Å². The molecule has 0 aliphatic heterocycles. The average molecular weight is 381 g/mol. The highest BCUT2D eigenvalue weighted by Gasteiger charge is 2.21. The highest BCUT2D eigenvalue weighted by atomic mass is 35.5. The fraction of sp³-hybridized carbons (Fsp3) is 0.278. The molecular formula is C18H21ClN2O3S. The van der Waals surface area contributed by atoms with Crippen LogP contribution in [-0.4, -0.2) is 31.7 Å². The van der Waals surface area contributed by atoms with Gasteiger partial charge in [-0.15, -0.1) is 0 Å². The average Bonchev–Trinajstić information content (AvgIpc) is 2.59. The van der Waals surface area contributed by atoms with Crippen molar-refractivity contribution in [2.45, 2.75) is 25.7 Å². The molecule has 2 aromatic carbocycles. The summed E-state index contributed by atoms with van der Waals surface area (Å²) in [5.74, 6) is -0.327. The molecule has 134 valence electrons. The lowest BCUT2D eigenvalue weighted by Crippen LogP contribution is -2.30. The van der Waals surface area contributed by atoms with Gasteiger partial charge in [-0.1, -0.05) is 31.5 Å². The Labute approximate surface area is 153 Å². The van der Waals surface area contributed by atoms with E-state index in [0.29, 0.717) is 29.4 Å². The molecule has 0 saturated carbocycles. The first kappa shape index (κ1) is 19.4.